The van der Waals surface area contributed by atoms with Gasteiger partial charge < -0.3 is 4.74 Å². The predicted octanol–water partition coefficient (Wildman–Crippen LogP) is 2.25. The molecule has 0 saturated carbocycles. The molecule has 0 spiro atoms. The molecule has 1 N–H and O–H groups in total. The minimum absolute atomic E-state index is 0.00278. The zero-order valence-electron chi connectivity index (χ0n) is 9.77. The number of hydrogen-bond donors (Lipinski definition) is 1. The maximum absolute atomic E-state index is 5.93. The van der Waals surface area contributed by atoms with Gasteiger partial charge in [0.15, 0.2) is 0 Å². The summed E-state index contributed by atoms with van der Waals surface area (Å²) >= 11 is 5.13. The fourth-order valence-electron chi connectivity index (χ4n) is 2.41. The van der Waals surface area contributed by atoms with E-state index in [0.29, 0.717) is 10.8 Å². The minimum atomic E-state index is 0.00278. The second-order valence-electron chi connectivity index (χ2n) is 4.34. The van der Waals surface area contributed by atoms with Crippen LogP contribution in [0.15, 0.2) is 0 Å². The van der Waals surface area contributed by atoms with Crippen LogP contribution in [-0.4, -0.2) is 32.4 Å². The third-order valence-corrected chi connectivity index (χ3v) is 3.89. The average Bonchev–Trinajstić information content (AvgIpc) is 2.75. The van der Waals surface area contributed by atoms with Crippen molar-refractivity contribution >= 4 is 12.2 Å². The summed E-state index contributed by atoms with van der Waals surface area (Å²) in [5.41, 5.74) is 0.00278. The first-order valence-electron chi connectivity index (χ1n) is 5.84. The van der Waals surface area contributed by atoms with E-state index < -0.39 is 0 Å². The zero-order valence-corrected chi connectivity index (χ0v) is 10.6. The van der Waals surface area contributed by atoms with E-state index in [1.54, 1.807) is 0 Å². The molecule has 1 aromatic heterocycles. The number of nitrogens with zero attached hydrogens (tertiary/aromatic N) is 3. The van der Waals surface area contributed by atoms with Crippen molar-refractivity contribution in [2.24, 2.45) is 0 Å². The number of hydrogen-bond acceptors (Lipinski definition) is 4. The van der Waals surface area contributed by atoms with Gasteiger partial charge in [-0.15, -0.1) is 0 Å². The number of ether oxygens (including phenoxy) is 1. The molecule has 16 heavy (non-hydrogen) atoms. The summed E-state index contributed by atoms with van der Waals surface area (Å²) in [6.45, 7) is 5.14. The number of aromatic nitrogens is 4. The molecular weight excluding hydrogens is 224 g/mol. The Morgan fingerprint density at radius 2 is 2.31 bits per heavy atom. The Labute approximate surface area is 100 Å². The van der Waals surface area contributed by atoms with E-state index in [4.69, 9.17) is 17.0 Å². The van der Waals surface area contributed by atoms with Crippen LogP contribution in [0.2, 0.25) is 0 Å². The van der Waals surface area contributed by atoms with Gasteiger partial charge in [-0.05, 0) is 37.9 Å². The standard InChI is InChI=1S/C10H18N4OS/c1-3-10(4-2)7-8(5-6-15-10)14-9(16)11-12-13-14/h8H,3-7H2,1-2H3,(H,11,13,16). The van der Waals surface area contributed by atoms with Crippen LogP contribution in [0.25, 0.3) is 0 Å². The Morgan fingerprint density at radius 3 is 2.88 bits per heavy atom. The largest absolute Gasteiger partial charge is 0.375 e. The van der Waals surface area contributed by atoms with Crippen LogP contribution >= 0.6 is 12.2 Å². The predicted molar refractivity (Wildman–Crippen MR) is 62.7 cm³/mol. The average molecular weight is 242 g/mol. The highest BCUT2D eigenvalue weighted by Crippen LogP contribution is 2.36. The summed E-state index contributed by atoms with van der Waals surface area (Å²) in [7, 11) is 0. The highest BCUT2D eigenvalue weighted by Gasteiger charge is 2.35. The molecular formula is C10H18N4OS. The minimum Gasteiger partial charge on any atom is -0.375 e. The Balaban J connectivity index is 2.19. The van der Waals surface area contributed by atoms with Crippen LogP contribution in [-0.2, 0) is 4.74 Å². The van der Waals surface area contributed by atoms with Crippen LogP contribution in [0, 0.1) is 4.77 Å². The van der Waals surface area contributed by atoms with Crippen molar-refractivity contribution in [1.82, 2.24) is 20.2 Å². The number of aromatic amines is 1. The number of nitrogens with one attached hydrogen (secondary N) is 1. The molecule has 1 aliphatic rings. The van der Waals surface area contributed by atoms with E-state index in [0.717, 1.165) is 32.3 Å². The summed E-state index contributed by atoms with van der Waals surface area (Å²) in [4.78, 5) is 0. The third-order valence-electron chi connectivity index (χ3n) is 3.61. The highest BCUT2D eigenvalue weighted by atomic mass is 32.1. The number of tetrazole rings is 1. The van der Waals surface area contributed by atoms with Crippen molar-refractivity contribution in [3.63, 3.8) is 0 Å². The smallest absolute Gasteiger partial charge is 0.238 e. The molecule has 1 fully saturated rings. The van der Waals surface area contributed by atoms with Crippen molar-refractivity contribution < 1.29 is 4.74 Å². The first kappa shape index (κ1) is 11.7. The normalized spacial score (nSPS) is 24.5. The third kappa shape index (κ3) is 2.04. The number of H-pyrrole nitrogens is 1. The highest BCUT2D eigenvalue weighted by molar-refractivity contribution is 7.71. The zero-order chi connectivity index (χ0) is 11.6. The van der Waals surface area contributed by atoms with Crippen LogP contribution < -0.4 is 0 Å². The van der Waals surface area contributed by atoms with Gasteiger partial charge in [0.2, 0.25) is 4.77 Å². The molecule has 0 radical (unpaired) electrons. The molecule has 0 amide bonds. The monoisotopic (exact) mass is 242 g/mol. The van der Waals surface area contributed by atoms with Crippen molar-refractivity contribution in [3.05, 3.63) is 4.77 Å². The van der Waals surface area contributed by atoms with Gasteiger partial charge in [0.1, 0.15) is 0 Å². The molecule has 2 rings (SSSR count). The summed E-state index contributed by atoms with van der Waals surface area (Å²) in [5, 5.41) is 10.4. The van der Waals surface area contributed by atoms with Crippen LogP contribution in [0.1, 0.15) is 45.6 Å². The Morgan fingerprint density at radius 1 is 1.56 bits per heavy atom. The molecule has 6 heteroatoms. The van der Waals surface area contributed by atoms with E-state index in [2.05, 4.69) is 29.4 Å². The lowest BCUT2D eigenvalue weighted by molar-refractivity contribution is -0.100. The maximum Gasteiger partial charge on any atom is 0.238 e. The van der Waals surface area contributed by atoms with Gasteiger partial charge in [-0.2, -0.15) is 5.21 Å². The van der Waals surface area contributed by atoms with Crippen molar-refractivity contribution in [2.45, 2.75) is 51.2 Å². The lowest BCUT2D eigenvalue weighted by atomic mass is 9.86. The molecule has 90 valence electrons. The molecule has 0 aromatic carbocycles. The number of rotatable bonds is 3. The van der Waals surface area contributed by atoms with Crippen molar-refractivity contribution in [3.8, 4) is 0 Å². The van der Waals surface area contributed by atoms with Crippen LogP contribution in [0.3, 0.4) is 0 Å². The van der Waals surface area contributed by atoms with Gasteiger partial charge in [-0.1, -0.05) is 24.2 Å². The SMILES string of the molecule is CCC1(CC)CC(n2[nH]nnc2=S)CCO1. The lowest BCUT2D eigenvalue weighted by Gasteiger charge is -2.39. The molecule has 1 aromatic rings. The van der Waals surface area contributed by atoms with Gasteiger partial charge in [0.05, 0.1) is 11.6 Å². The molecule has 1 saturated heterocycles. The van der Waals surface area contributed by atoms with Gasteiger partial charge in [-0.3, -0.25) is 0 Å². The summed E-state index contributed by atoms with van der Waals surface area (Å²) in [6.07, 6.45) is 4.03. The first-order valence-corrected chi connectivity index (χ1v) is 6.25. The van der Waals surface area contributed by atoms with Crippen molar-refractivity contribution in [2.75, 3.05) is 6.61 Å². The van der Waals surface area contributed by atoms with Crippen molar-refractivity contribution in [1.29, 1.82) is 0 Å². The molecule has 1 unspecified atom stereocenters. The quantitative estimate of drug-likeness (QED) is 0.826. The van der Waals surface area contributed by atoms with Gasteiger partial charge in [0.25, 0.3) is 0 Å². The maximum atomic E-state index is 5.93. The molecule has 0 aliphatic carbocycles. The first-order chi connectivity index (χ1) is 7.71. The van der Waals surface area contributed by atoms with E-state index >= 15 is 0 Å². The van der Waals surface area contributed by atoms with Gasteiger partial charge in [0, 0.05) is 6.61 Å². The lowest BCUT2D eigenvalue weighted by Crippen LogP contribution is -2.39. The van der Waals surface area contributed by atoms with E-state index in [-0.39, 0.29) is 5.60 Å². The molecule has 1 atom stereocenters. The molecule has 5 nitrogen and oxygen atoms in total. The molecule has 1 aliphatic heterocycles. The molecule has 2 heterocycles. The second kappa shape index (κ2) is 4.63. The van der Waals surface area contributed by atoms with Crippen LogP contribution in [0.4, 0.5) is 0 Å². The Hall–Kier alpha value is -0.750. The van der Waals surface area contributed by atoms with Gasteiger partial charge >= 0.3 is 0 Å². The Bertz CT molecular complexity index is 396. The Kier molecular flexibility index (Phi) is 3.39. The van der Waals surface area contributed by atoms with E-state index in [1.807, 2.05) is 4.68 Å². The van der Waals surface area contributed by atoms with E-state index in [9.17, 15) is 0 Å². The fraction of sp³-hybridized carbons (Fsp3) is 0.900. The van der Waals surface area contributed by atoms with Crippen LogP contribution in [0.5, 0.6) is 0 Å². The second-order valence-corrected chi connectivity index (χ2v) is 4.70. The summed E-state index contributed by atoms with van der Waals surface area (Å²) in [6, 6.07) is 0.344. The topological polar surface area (TPSA) is 55.7 Å². The molecule has 0 bridgehead atoms. The summed E-state index contributed by atoms with van der Waals surface area (Å²) in [5.74, 6) is 0. The van der Waals surface area contributed by atoms with Gasteiger partial charge in [-0.25, -0.2) is 4.68 Å². The van der Waals surface area contributed by atoms with E-state index in [1.165, 1.54) is 0 Å². The summed E-state index contributed by atoms with van der Waals surface area (Å²) < 4.78 is 8.35. The fourth-order valence-corrected chi connectivity index (χ4v) is 2.64.